The van der Waals surface area contributed by atoms with Crippen LogP contribution >= 0.6 is 0 Å². The van der Waals surface area contributed by atoms with Crippen LogP contribution in [0, 0.1) is 11.8 Å². The molecule has 8 nitrogen and oxygen atoms in total. The molecule has 0 aromatic heterocycles. The van der Waals surface area contributed by atoms with Crippen LogP contribution in [-0.4, -0.2) is 79.9 Å². The number of rotatable bonds is 6. The quantitative estimate of drug-likeness (QED) is 0.488. The van der Waals surface area contributed by atoms with E-state index in [1.165, 1.54) is 5.56 Å². The van der Waals surface area contributed by atoms with Crippen molar-refractivity contribution in [1.29, 1.82) is 0 Å². The third-order valence-electron chi connectivity index (χ3n) is 6.44. The Labute approximate surface area is 226 Å². The normalized spacial score (nSPS) is 24.7. The van der Waals surface area contributed by atoms with Crippen LogP contribution in [0.2, 0.25) is 0 Å². The number of carbonyl (C=O) groups is 2. The van der Waals surface area contributed by atoms with Gasteiger partial charge in [-0.15, -0.1) is 0 Å². The van der Waals surface area contributed by atoms with E-state index in [4.69, 9.17) is 9.47 Å². The molecule has 10 heteroatoms. The van der Waals surface area contributed by atoms with Gasteiger partial charge in [-0.2, -0.15) is 0 Å². The van der Waals surface area contributed by atoms with Crippen LogP contribution in [0.15, 0.2) is 30.3 Å². The van der Waals surface area contributed by atoms with Crippen LogP contribution in [0.5, 0.6) is 0 Å². The number of nitrogens with zero attached hydrogens (tertiary/aromatic N) is 1. The van der Waals surface area contributed by atoms with Gasteiger partial charge in [0.1, 0.15) is 11.2 Å². The van der Waals surface area contributed by atoms with Crippen molar-refractivity contribution in [3.63, 3.8) is 0 Å². The largest absolute Gasteiger partial charge is 0.444 e. The lowest BCUT2D eigenvalue weighted by atomic mass is 10.1. The molecule has 3 N–H and O–H groups in total. The van der Waals surface area contributed by atoms with Gasteiger partial charge in [0, 0.05) is 44.1 Å². The Kier molecular flexibility index (Phi) is 11.8. The molecule has 2 aliphatic rings. The van der Waals surface area contributed by atoms with Crippen molar-refractivity contribution in [2.24, 2.45) is 11.8 Å². The Balaban J connectivity index is 0.000000293. The van der Waals surface area contributed by atoms with Gasteiger partial charge in [0.25, 0.3) is 0 Å². The fourth-order valence-corrected chi connectivity index (χ4v) is 4.47. The standard InChI is InChI=1S/C18H27FN2O2.C10H19FN2O2/c1-13(14-8-6-5-7-9-14)21-11-15(10-19)16(12-21)20-17(22)23-18(2,3)4;1-10(2,3)15-9(14)13-8-6-12-5-7(8)4-11/h5-9,13,15-16H,10-12H2,1-4H3,(H,20,22);7-8,12H,4-6H2,1-3H3,(H,13,14)/t13-,15+,16-;7-,8+/m10/s1. The minimum atomic E-state index is -0.551. The summed E-state index contributed by atoms with van der Waals surface area (Å²) in [5.41, 5.74) is 0.134. The molecular weight excluding hydrogens is 494 g/mol. The Hall–Kier alpha value is -2.46. The van der Waals surface area contributed by atoms with Crippen molar-refractivity contribution >= 4 is 12.2 Å². The number of carbonyl (C=O) groups excluding carboxylic acids is 2. The lowest BCUT2D eigenvalue weighted by molar-refractivity contribution is 0.0481. The predicted molar refractivity (Wildman–Crippen MR) is 145 cm³/mol. The molecular formula is C28H46F2N4O4. The van der Waals surface area contributed by atoms with E-state index in [2.05, 4.69) is 39.9 Å². The van der Waals surface area contributed by atoms with E-state index in [0.717, 1.165) is 0 Å². The average molecular weight is 541 g/mol. The molecule has 0 spiro atoms. The molecule has 2 aliphatic heterocycles. The topological polar surface area (TPSA) is 91.9 Å². The molecule has 1 aromatic rings. The summed E-state index contributed by atoms with van der Waals surface area (Å²) in [5, 5.41) is 8.53. The van der Waals surface area contributed by atoms with E-state index >= 15 is 0 Å². The molecule has 2 saturated heterocycles. The lowest BCUT2D eigenvalue weighted by Crippen LogP contribution is -2.43. The van der Waals surface area contributed by atoms with Crippen molar-refractivity contribution < 1.29 is 27.8 Å². The summed E-state index contributed by atoms with van der Waals surface area (Å²) in [6.45, 7) is 14.6. The van der Waals surface area contributed by atoms with Gasteiger partial charge in [-0.25, -0.2) is 9.59 Å². The minimum absolute atomic E-state index is 0.141. The van der Waals surface area contributed by atoms with Crippen molar-refractivity contribution in [2.45, 2.75) is 77.8 Å². The molecule has 0 unspecified atom stereocenters. The molecule has 1 aromatic carbocycles. The van der Waals surface area contributed by atoms with Crippen LogP contribution < -0.4 is 16.0 Å². The zero-order chi connectivity index (χ0) is 28.5. The van der Waals surface area contributed by atoms with E-state index in [9.17, 15) is 18.4 Å². The van der Waals surface area contributed by atoms with Gasteiger partial charge in [-0.05, 0) is 54.0 Å². The number of nitrogens with one attached hydrogen (secondary N) is 3. The highest BCUT2D eigenvalue weighted by Gasteiger charge is 2.37. The molecule has 0 aliphatic carbocycles. The molecule has 5 atom stereocenters. The van der Waals surface area contributed by atoms with E-state index in [0.29, 0.717) is 26.2 Å². The maximum Gasteiger partial charge on any atom is 0.407 e. The van der Waals surface area contributed by atoms with E-state index in [1.54, 1.807) is 20.8 Å². The summed E-state index contributed by atoms with van der Waals surface area (Å²) >= 11 is 0. The van der Waals surface area contributed by atoms with Gasteiger partial charge >= 0.3 is 12.2 Å². The summed E-state index contributed by atoms with van der Waals surface area (Å²) in [6, 6.07) is 9.95. The SMILES string of the molecule is CC(C)(C)OC(=O)N[C@@H]1CNC[C@@H]1CF.C[C@H](c1ccccc1)N1C[C@H](CF)[C@H](NC(=O)OC(C)(C)C)C1. The third-order valence-corrected chi connectivity index (χ3v) is 6.44. The number of alkyl halides is 2. The van der Waals surface area contributed by atoms with Crippen LogP contribution in [0.25, 0.3) is 0 Å². The Morgan fingerprint density at radius 1 is 0.895 bits per heavy atom. The number of benzene rings is 1. The van der Waals surface area contributed by atoms with Gasteiger partial charge in [0.2, 0.25) is 0 Å². The summed E-state index contributed by atoms with van der Waals surface area (Å²) in [6.07, 6.45) is -0.954. The summed E-state index contributed by atoms with van der Waals surface area (Å²) in [5.74, 6) is -0.341. The first-order chi connectivity index (χ1) is 17.7. The lowest BCUT2D eigenvalue weighted by Gasteiger charge is -2.25. The second kappa shape index (κ2) is 14.1. The highest BCUT2D eigenvalue weighted by molar-refractivity contribution is 5.68. The smallest absolute Gasteiger partial charge is 0.407 e. The Bertz CT molecular complexity index is 876. The number of hydrogen-bond acceptors (Lipinski definition) is 6. The molecule has 0 radical (unpaired) electrons. The minimum Gasteiger partial charge on any atom is -0.444 e. The van der Waals surface area contributed by atoms with Crippen LogP contribution in [-0.2, 0) is 9.47 Å². The van der Waals surface area contributed by atoms with Crippen LogP contribution in [0.4, 0.5) is 18.4 Å². The Morgan fingerprint density at radius 2 is 1.42 bits per heavy atom. The molecule has 216 valence electrons. The molecule has 3 rings (SSSR count). The van der Waals surface area contributed by atoms with Gasteiger partial charge in [-0.3, -0.25) is 13.7 Å². The van der Waals surface area contributed by atoms with E-state index in [-0.39, 0.29) is 30.0 Å². The molecule has 2 heterocycles. The van der Waals surface area contributed by atoms with Crippen molar-refractivity contribution in [3.8, 4) is 0 Å². The number of likely N-dealkylation sites (tertiary alicyclic amines) is 1. The fourth-order valence-electron chi connectivity index (χ4n) is 4.47. The summed E-state index contributed by atoms with van der Waals surface area (Å²) < 4.78 is 36.2. The van der Waals surface area contributed by atoms with Crippen molar-refractivity contribution in [1.82, 2.24) is 20.9 Å². The number of hydrogen-bond donors (Lipinski definition) is 3. The summed E-state index contributed by atoms with van der Waals surface area (Å²) in [7, 11) is 0. The third kappa shape index (κ3) is 10.7. The number of halogens is 2. The second-order valence-corrected chi connectivity index (χ2v) is 12.0. The monoisotopic (exact) mass is 540 g/mol. The van der Waals surface area contributed by atoms with Gasteiger partial charge in [0.15, 0.2) is 0 Å². The molecule has 0 bridgehead atoms. The first kappa shape index (κ1) is 31.8. The van der Waals surface area contributed by atoms with Gasteiger partial charge in [0.05, 0.1) is 25.4 Å². The number of ether oxygens (including phenoxy) is 2. The first-order valence-corrected chi connectivity index (χ1v) is 13.3. The van der Waals surface area contributed by atoms with Crippen molar-refractivity contribution in [3.05, 3.63) is 35.9 Å². The maximum absolute atomic E-state index is 13.4. The molecule has 2 fully saturated rings. The fraction of sp³-hybridized carbons (Fsp3) is 0.714. The molecule has 0 saturated carbocycles. The van der Waals surface area contributed by atoms with Crippen LogP contribution in [0.3, 0.4) is 0 Å². The van der Waals surface area contributed by atoms with Gasteiger partial charge < -0.3 is 25.4 Å². The average Bonchev–Trinajstić information content (AvgIpc) is 3.43. The Morgan fingerprint density at radius 3 is 1.92 bits per heavy atom. The first-order valence-electron chi connectivity index (χ1n) is 13.3. The number of alkyl carbamates (subject to hydrolysis) is 2. The number of amides is 2. The maximum atomic E-state index is 13.4. The predicted octanol–water partition coefficient (Wildman–Crippen LogP) is 4.61. The van der Waals surface area contributed by atoms with Crippen molar-refractivity contribution in [2.75, 3.05) is 39.5 Å². The molecule has 2 amide bonds. The zero-order valence-corrected chi connectivity index (χ0v) is 23.9. The summed E-state index contributed by atoms with van der Waals surface area (Å²) in [4.78, 5) is 25.6. The molecule has 38 heavy (non-hydrogen) atoms. The van der Waals surface area contributed by atoms with Gasteiger partial charge in [-0.1, -0.05) is 30.3 Å². The zero-order valence-electron chi connectivity index (χ0n) is 23.9. The van der Waals surface area contributed by atoms with E-state index in [1.807, 2.05) is 39.0 Å². The highest BCUT2D eigenvalue weighted by atomic mass is 19.1. The van der Waals surface area contributed by atoms with E-state index < -0.39 is 36.7 Å². The second-order valence-electron chi connectivity index (χ2n) is 12.0. The van der Waals surface area contributed by atoms with Crippen LogP contribution in [0.1, 0.15) is 60.1 Å². The highest BCUT2D eigenvalue weighted by Crippen LogP contribution is 2.28.